The van der Waals surface area contributed by atoms with Gasteiger partial charge in [-0.3, -0.25) is 28.7 Å². The zero-order valence-corrected chi connectivity index (χ0v) is 22.8. The Morgan fingerprint density at radius 1 is 0.568 bits per heavy atom. The predicted octanol–water partition coefficient (Wildman–Crippen LogP) is -1.64. The fourth-order valence-electron chi connectivity index (χ4n) is 3.67. The standard InChI is InChI=1S/2C8H18N2O4S.C6H6O/c2*11-7-5-9-1-3-10(4-2-9)6-8-15(12,13)14;7-6-4-2-1-3-5-6/h2*11H,1-8H2,(H,12,13,14);1-5,7H. The normalized spacial score (nSPS) is 18.4. The second-order valence-corrected chi connectivity index (χ2v) is 11.9. The number of para-hydroxylation sites is 1. The fourth-order valence-corrected chi connectivity index (χ4v) is 4.65. The lowest BCUT2D eigenvalue weighted by Gasteiger charge is -2.33. The van der Waals surface area contributed by atoms with E-state index in [1.165, 1.54) is 0 Å². The second-order valence-electron chi connectivity index (χ2n) is 8.72. The first-order valence-electron chi connectivity index (χ1n) is 12.2. The van der Waals surface area contributed by atoms with Gasteiger partial charge < -0.3 is 15.3 Å². The Kier molecular flexibility index (Phi) is 16.3. The smallest absolute Gasteiger partial charge is 0.266 e. The topological polar surface area (TPSA) is 182 Å². The van der Waals surface area contributed by atoms with Gasteiger partial charge in [-0.15, -0.1) is 0 Å². The summed E-state index contributed by atoms with van der Waals surface area (Å²) in [5.74, 6) is -0.0810. The third-order valence-corrected chi connectivity index (χ3v) is 7.25. The summed E-state index contributed by atoms with van der Waals surface area (Å²) in [5.41, 5.74) is 0. The van der Waals surface area contributed by atoms with Crippen LogP contribution in [0.2, 0.25) is 0 Å². The average molecular weight is 571 g/mol. The maximum absolute atomic E-state index is 10.5. The summed E-state index contributed by atoms with van der Waals surface area (Å²) in [4.78, 5) is 8.26. The molecule has 37 heavy (non-hydrogen) atoms. The van der Waals surface area contributed by atoms with Crippen LogP contribution in [0.4, 0.5) is 0 Å². The molecular weight excluding hydrogens is 528 g/mol. The van der Waals surface area contributed by atoms with Crippen LogP contribution in [0.5, 0.6) is 5.75 Å². The van der Waals surface area contributed by atoms with Crippen LogP contribution in [0.15, 0.2) is 30.3 Å². The molecule has 2 heterocycles. The number of benzene rings is 1. The van der Waals surface area contributed by atoms with E-state index in [9.17, 15) is 16.8 Å². The minimum Gasteiger partial charge on any atom is -0.508 e. The van der Waals surface area contributed by atoms with E-state index in [0.717, 1.165) is 52.4 Å². The number of nitrogens with zero attached hydrogens (tertiary/aromatic N) is 4. The highest BCUT2D eigenvalue weighted by Gasteiger charge is 2.18. The Bertz CT molecular complexity index is 863. The SMILES string of the molecule is O=S(=O)(O)CCN1CCN(CCO)CC1.O=S(=O)(O)CCN1CCN(CCO)CC1.Oc1ccccc1. The van der Waals surface area contributed by atoms with Crippen LogP contribution in [0.25, 0.3) is 0 Å². The van der Waals surface area contributed by atoms with Crippen LogP contribution < -0.4 is 0 Å². The first-order valence-corrected chi connectivity index (χ1v) is 15.4. The zero-order chi connectivity index (χ0) is 27.7. The van der Waals surface area contributed by atoms with Crippen molar-refractivity contribution in [2.75, 3.05) is 103 Å². The van der Waals surface area contributed by atoms with Gasteiger partial charge in [0, 0.05) is 78.5 Å². The van der Waals surface area contributed by atoms with Gasteiger partial charge in [-0.2, -0.15) is 16.8 Å². The summed E-state index contributed by atoms with van der Waals surface area (Å²) in [6, 6.07) is 8.71. The molecule has 2 aliphatic heterocycles. The molecule has 0 atom stereocenters. The molecule has 0 unspecified atom stereocenters. The second kappa shape index (κ2) is 18.0. The van der Waals surface area contributed by atoms with E-state index < -0.39 is 20.2 Å². The first-order chi connectivity index (χ1) is 17.4. The number of piperazine rings is 2. The molecule has 13 nitrogen and oxygen atoms in total. The Hall–Kier alpha value is -1.40. The van der Waals surface area contributed by atoms with Crippen molar-refractivity contribution in [3.8, 4) is 5.75 Å². The minimum absolute atomic E-state index is 0.158. The summed E-state index contributed by atoms with van der Waals surface area (Å²) in [6.45, 7) is 8.93. The van der Waals surface area contributed by atoms with Crippen molar-refractivity contribution in [2.24, 2.45) is 0 Å². The third kappa shape index (κ3) is 18.5. The van der Waals surface area contributed by atoms with E-state index in [0.29, 0.717) is 31.9 Å². The molecule has 2 fully saturated rings. The number of phenolic OH excluding ortho intramolecular Hbond substituents is 1. The predicted molar refractivity (Wildman–Crippen MR) is 141 cm³/mol. The van der Waals surface area contributed by atoms with Gasteiger partial charge in [0.15, 0.2) is 0 Å². The zero-order valence-electron chi connectivity index (χ0n) is 21.2. The lowest BCUT2D eigenvalue weighted by Crippen LogP contribution is -2.48. The van der Waals surface area contributed by atoms with Crippen molar-refractivity contribution in [2.45, 2.75) is 0 Å². The molecule has 3 rings (SSSR count). The Morgan fingerprint density at radius 2 is 0.865 bits per heavy atom. The van der Waals surface area contributed by atoms with E-state index in [-0.39, 0.29) is 24.7 Å². The molecule has 0 bridgehead atoms. The van der Waals surface area contributed by atoms with E-state index in [1.807, 2.05) is 15.9 Å². The number of aromatic hydroxyl groups is 1. The van der Waals surface area contributed by atoms with Crippen LogP contribution >= 0.6 is 0 Å². The molecule has 15 heteroatoms. The van der Waals surface area contributed by atoms with E-state index >= 15 is 0 Å². The summed E-state index contributed by atoms with van der Waals surface area (Å²) in [7, 11) is -7.69. The first kappa shape index (κ1) is 33.6. The molecule has 2 saturated heterocycles. The molecule has 2 aliphatic rings. The largest absolute Gasteiger partial charge is 0.508 e. The highest BCUT2D eigenvalue weighted by atomic mass is 32.2. The quantitative estimate of drug-likeness (QED) is 0.202. The van der Waals surface area contributed by atoms with Crippen molar-refractivity contribution in [1.82, 2.24) is 19.6 Å². The maximum atomic E-state index is 10.5. The Morgan fingerprint density at radius 3 is 1.08 bits per heavy atom. The van der Waals surface area contributed by atoms with Crippen LogP contribution in [0, 0.1) is 0 Å². The monoisotopic (exact) mass is 570 g/mol. The number of β-amino-alcohol motifs (C(OH)–C–C–N with tert-alkyl or cyclic N) is 2. The van der Waals surface area contributed by atoms with Gasteiger partial charge >= 0.3 is 0 Å². The van der Waals surface area contributed by atoms with E-state index in [4.69, 9.17) is 24.4 Å². The van der Waals surface area contributed by atoms with Crippen molar-refractivity contribution in [3.05, 3.63) is 30.3 Å². The van der Waals surface area contributed by atoms with Gasteiger partial charge in [0.25, 0.3) is 20.2 Å². The van der Waals surface area contributed by atoms with Crippen LogP contribution in [-0.4, -0.2) is 164 Å². The maximum Gasteiger partial charge on any atom is 0.266 e. The van der Waals surface area contributed by atoms with Gasteiger partial charge in [0.2, 0.25) is 0 Å². The molecule has 1 aromatic carbocycles. The number of hydrogen-bond acceptors (Lipinski definition) is 11. The average Bonchev–Trinajstić information content (AvgIpc) is 2.84. The number of aliphatic hydroxyl groups is 2. The number of hydrogen-bond donors (Lipinski definition) is 5. The Balaban J connectivity index is 0.000000295. The van der Waals surface area contributed by atoms with Crippen molar-refractivity contribution >= 4 is 20.2 Å². The van der Waals surface area contributed by atoms with Crippen molar-refractivity contribution in [1.29, 1.82) is 0 Å². The number of phenols is 1. The fraction of sp³-hybridized carbons (Fsp3) is 0.727. The molecule has 0 saturated carbocycles. The van der Waals surface area contributed by atoms with Crippen LogP contribution in [0.1, 0.15) is 0 Å². The number of rotatable bonds is 10. The van der Waals surface area contributed by atoms with Crippen molar-refractivity contribution < 1.29 is 41.3 Å². The van der Waals surface area contributed by atoms with Crippen molar-refractivity contribution in [3.63, 3.8) is 0 Å². The van der Waals surface area contributed by atoms with Gasteiger partial charge in [-0.05, 0) is 12.1 Å². The van der Waals surface area contributed by atoms with Gasteiger partial charge in [0.1, 0.15) is 5.75 Å². The molecule has 5 N–H and O–H groups in total. The van der Waals surface area contributed by atoms with Crippen LogP contribution in [-0.2, 0) is 20.2 Å². The van der Waals surface area contributed by atoms with E-state index in [1.54, 1.807) is 24.3 Å². The summed E-state index contributed by atoms with van der Waals surface area (Å²) < 4.78 is 59.3. The number of aliphatic hydroxyl groups excluding tert-OH is 2. The summed E-state index contributed by atoms with van der Waals surface area (Å²) in [6.07, 6.45) is 0. The van der Waals surface area contributed by atoms with Crippen LogP contribution in [0.3, 0.4) is 0 Å². The van der Waals surface area contributed by atoms with Gasteiger partial charge in [-0.25, -0.2) is 0 Å². The molecule has 0 spiro atoms. The molecule has 0 radical (unpaired) electrons. The van der Waals surface area contributed by atoms with E-state index in [2.05, 4.69) is 9.80 Å². The lowest BCUT2D eigenvalue weighted by molar-refractivity contribution is 0.116. The lowest BCUT2D eigenvalue weighted by atomic mass is 10.3. The Labute approximate surface area is 220 Å². The minimum atomic E-state index is -3.84. The highest BCUT2D eigenvalue weighted by molar-refractivity contribution is 7.86. The molecule has 216 valence electrons. The third-order valence-electron chi connectivity index (χ3n) is 5.85. The molecule has 0 aliphatic carbocycles. The highest BCUT2D eigenvalue weighted by Crippen LogP contribution is 2.03. The molecule has 0 amide bonds. The van der Waals surface area contributed by atoms with Gasteiger partial charge in [0.05, 0.1) is 24.7 Å². The summed E-state index contributed by atoms with van der Waals surface area (Å²) >= 11 is 0. The molecule has 0 aromatic heterocycles. The van der Waals surface area contributed by atoms with Gasteiger partial charge in [-0.1, -0.05) is 18.2 Å². The molecule has 1 aromatic rings. The summed E-state index contributed by atoms with van der Waals surface area (Å²) in [5, 5.41) is 26.1. The molecular formula is C22H42N4O9S2.